The summed E-state index contributed by atoms with van der Waals surface area (Å²) in [7, 11) is 0. The molecular weight excluding hydrogens is 368 g/mol. The highest BCUT2D eigenvalue weighted by Crippen LogP contribution is 2.18. The number of hydrogen-bond acceptors (Lipinski definition) is 3. The molecule has 25 heavy (non-hydrogen) atoms. The number of anilines is 2. The van der Waals surface area contributed by atoms with Crippen LogP contribution in [-0.2, 0) is 6.54 Å². The van der Waals surface area contributed by atoms with Crippen molar-refractivity contribution < 1.29 is 8.78 Å². The third kappa shape index (κ3) is 4.49. The Bertz CT molecular complexity index is 915. The number of halogens is 3. The molecule has 0 saturated carbocycles. The van der Waals surface area contributed by atoms with Gasteiger partial charge >= 0.3 is 0 Å². The van der Waals surface area contributed by atoms with Gasteiger partial charge < -0.3 is 5.32 Å². The summed E-state index contributed by atoms with van der Waals surface area (Å²) in [5.41, 5.74) is 0.948. The van der Waals surface area contributed by atoms with Gasteiger partial charge in [-0.15, -0.1) is 5.10 Å². The summed E-state index contributed by atoms with van der Waals surface area (Å²) in [6.07, 6.45) is 1.48. The minimum absolute atomic E-state index is 0.155. The number of hydrogen-bond donors (Lipinski definition) is 2. The summed E-state index contributed by atoms with van der Waals surface area (Å²) in [5, 5.41) is 10.1. The van der Waals surface area contributed by atoms with Crippen molar-refractivity contribution in [2.24, 2.45) is 0 Å². The Hall–Kier alpha value is -2.58. The summed E-state index contributed by atoms with van der Waals surface area (Å²) in [6.45, 7) is 0.321. The average molecular weight is 380 g/mol. The topological polar surface area (TPSA) is 54.8 Å². The molecular formula is C16H12ClF2N5S. The van der Waals surface area contributed by atoms with Gasteiger partial charge in [0, 0.05) is 5.02 Å². The lowest BCUT2D eigenvalue weighted by Gasteiger charge is -2.08. The lowest BCUT2D eigenvalue weighted by atomic mass is 10.2. The Morgan fingerprint density at radius 3 is 2.72 bits per heavy atom. The van der Waals surface area contributed by atoms with Crippen molar-refractivity contribution in [3.63, 3.8) is 0 Å². The van der Waals surface area contributed by atoms with Crippen LogP contribution in [0.2, 0.25) is 5.02 Å². The quantitative estimate of drug-likeness (QED) is 0.669. The fraction of sp³-hybridized carbons (Fsp3) is 0.0625. The van der Waals surface area contributed by atoms with Gasteiger partial charge in [0.15, 0.2) is 5.11 Å². The van der Waals surface area contributed by atoms with Crippen molar-refractivity contribution in [2.45, 2.75) is 6.54 Å². The van der Waals surface area contributed by atoms with Crippen LogP contribution in [0.1, 0.15) is 5.56 Å². The highest BCUT2D eigenvalue weighted by Gasteiger charge is 2.08. The molecule has 1 heterocycles. The molecule has 9 heteroatoms. The fourth-order valence-corrected chi connectivity index (χ4v) is 2.50. The zero-order valence-electron chi connectivity index (χ0n) is 12.7. The van der Waals surface area contributed by atoms with Crippen molar-refractivity contribution in [3.05, 3.63) is 71.0 Å². The minimum atomic E-state index is -0.420. The van der Waals surface area contributed by atoms with Crippen LogP contribution in [-0.4, -0.2) is 19.9 Å². The maximum absolute atomic E-state index is 13.6. The van der Waals surface area contributed by atoms with Gasteiger partial charge in [0.05, 0.1) is 12.2 Å². The van der Waals surface area contributed by atoms with Crippen LogP contribution < -0.4 is 10.6 Å². The molecule has 2 N–H and O–H groups in total. The number of para-hydroxylation sites is 1. The molecule has 5 nitrogen and oxygen atoms in total. The van der Waals surface area contributed by atoms with Gasteiger partial charge in [0.1, 0.15) is 18.0 Å². The molecule has 0 saturated heterocycles. The van der Waals surface area contributed by atoms with Gasteiger partial charge in [-0.1, -0.05) is 29.8 Å². The monoisotopic (exact) mass is 379 g/mol. The summed E-state index contributed by atoms with van der Waals surface area (Å²) in [6, 6.07) is 10.3. The Morgan fingerprint density at radius 1 is 1.16 bits per heavy atom. The Labute approximate surface area is 152 Å². The van der Waals surface area contributed by atoms with Crippen molar-refractivity contribution in [1.82, 2.24) is 14.8 Å². The fourth-order valence-electron chi connectivity index (χ4n) is 2.07. The van der Waals surface area contributed by atoms with E-state index in [1.165, 1.54) is 29.2 Å². The van der Waals surface area contributed by atoms with Gasteiger partial charge in [-0.25, -0.2) is 18.4 Å². The van der Waals surface area contributed by atoms with E-state index >= 15 is 0 Å². The van der Waals surface area contributed by atoms with Crippen molar-refractivity contribution in [1.29, 1.82) is 0 Å². The normalized spacial score (nSPS) is 10.5. The predicted molar refractivity (Wildman–Crippen MR) is 96.8 cm³/mol. The minimum Gasteiger partial charge on any atom is -0.330 e. The van der Waals surface area contributed by atoms with E-state index in [2.05, 4.69) is 20.7 Å². The molecule has 0 atom stereocenters. The second-order valence-corrected chi connectivity index (χ2v) is 5.88. The van der Waals surface area contributed by atoms with Gasteiger partial charge in [0.25, 0.3) is 0 Å². The van der Waals surface area contributed by atoms with Gasteiger partial charge in [-0.3, -0.25) is 5.32 Å². The zero-order chi connectivity index (χ0) is 17.8. The van der Waals surface area contributed by atoms with Crippen LogP contribution in [0.25, 0.3) is 0 Å². The summed E-state index contributed by atoms with van der Waals surface area (Å²) in [4.78, 5) is 4.07. The number of aromatic nitrogens is 3. The molecule has 2 aromatic carbocycles. The van der Waals surface area contributed by atoms with Crippen LogP contribution in [0.5, 0.6) is 0 Å². The summed E-state index contributed by atoms with van der Waals surface area (Å²) < 4.78 is 28.2. The number of nitrogens with zero attached hydrogens (tertiary/aromatic N) is 3. The predicted octanol–water partition coefficient (Wildman–Crippen LogP) is 4.07. The zero-order valence-corrected chi connectivity index (χ0v) is 14.3. The van der Waals surface area contributed by atoms with E-state index in [-0.39, 0.29) is 16.7 Å². The molecule has 0 unspecified atom stereocenters. The Kier molecular flexibility index (Phi) is 5.20. The second-order valence-electron chi connectivity index (χ2n) is 5.06. The molecule has 3 aromatic rings. The van der Waals surface area contributed by atoms with Crippen molar-refractivity contribution in [3.8, 4) is 0 Å². The first-order valence-electron chi connectivity index (χ1n) is 7.17. The van der Waals surface area contributed by atoms with Gasteiger partial charge in [-0.2, -0.15) is 0 Å². The van der Waals surface area contributed by atoms with E-state index in [0.717, 1.165) is 0 Å². The molecule has 128 valence electrons. The second kappa shape index (κ2) is 7.54. The summed E-state index contributed by atoms with van der Waals surface area (Å²) >= 11 is 11.1. The molecule has 0 spiro atoms. The molecule has 0 amide bonds. The van der Waals surface area contributed by atoms with Crippen molar-refractivity contribution in [2.75, 3.05) is 10.6 Å². The number of benzene rings is 2. The maximum atomic E-state index is 13.6. The SMILES string of the molecule is Fc1ccc(Cn2cnc(NC(=S)Nc3ccccc3F)n2)c(Cl)c1. The summed E-state index contributed by atoms with van der Waals surface area (Å²) in [5.74, 6) is -0.581. The third-order valence-electron chi connectivity index (χ3n) is 3.23. The van der Waals surface area contributed by atoms with Crippen LogP contribution >= 0.6 is 23.8 Å². The van der Waals surface area contributed by atoms with Gasteiger partial charge in [-0.05, 0) is 42.0 Å². The number of thiocarbonyl (C=S) groups is 1. The van der Waals surface area contributed by atoms with E-state index in [1.54, 1.807) is 24.3 Å². The van der Waals surface area contributed by atoms with Crippen LogP contribution in [0.4, 0.5) is 20.4 Å². The highest BCUT2D eigenvalue weighted by molar-refractivity contribution is 7.80. The van der Waals surface area contributed by atoms with E-state index in [4.69, 9.17) is 23.8 Å². The van der Waals surface area contributed by atoms with E-state index in [9.17, 15) is 8.78 Å². The molecule has 0 aliphatic heterocycles. The van der Waals surface area contributed by atoms with Crippen LogP contribution in [0.15, 0.2) is 48.8 Å². The molecule has 0 fully saturated rings. The average Bonchev–Trinajstić information content (AvgIpc) is 2.99. The van der Waals surface area contributed by atoms with Crippen LogP contribution in [0.3, 0.4) is 0 Å². The standard InChI is InChI=1S/C16H12ClF2N5S/c17-12-7-11(18)6-5-10(12)8-24-9-20-15(23-24)22-16(25)21-14-4-2-1-3-13(14)19/h1-7,9H,8H2,(H2,21,22,23,25). The van der Waals surface area contributed by atoms with Gasteiger partial charge in [0.2, 0.25) is 5.95 Å². The maximum Gasteiger partial charge on any atom is 0.248 e. The molecule has 0 radical (unpaired) electrons. The number of rotatable bonds is 4. The first kappa shape index (κ1) is 17.2. The lowest BCUT2D eigenvalue weighted by Crippen LogP contribution is -2.20. The third-order valence-corrected chi connectivity index (χ3v) is 3.79. The number of nitrogens with one attached hydrogen (secondary N) is 2. The largest absolute Gasteiger partial charge is 0.330 e. The lowest BCUT2D eigenvalue weighted by molar-refractivity contribution is 0.624. The molecule has 0 bridgehead atoms. The molecule has 1 aromatic heterocycles. The molecule has 0 aliphatic carbocycles. The molecule has 3 rings (SSSR count). The van der Waals surface area contributed by atoms with E-state index in [0.29, 0.717) is 17.1 Å². The van der Waals surface area contributed by atoms with E-state index in [1.807, 2.05) is 0 Å². The Morgan fingerprint density at radius 2 is 1.96 bits per heavy atom. The smallest absolute Gasteiger partial charge is 0.248 e. The Balaban J connectivity index is 1.63. The highest BCUT2D eigenvalue weighted by atomic mass is 35.5. The first-order valence-corrected chi connectivity index (χ1v) is 7.96. The van der Waals surface area contributed by atoms with E-state index < -0.39 is 11.6 Å². The first-order chi connectivity index (χ1) is 12.0. The van der Waals surface area contributed by atoms with Crippen molar-refractivity contribution >= 4 is 40.6 Å². The van der Waals surface area contributed by atoms with Crippen LogP contribution in [0, 0.1) is 11.6 Å². The molecule has 0 aliphatic rings.